The van der Waals surface area contributed by atoms with Gasteiger partial charge in [0.2, 0.25) is 0 Å². The van der Waals surface area contributed by atoms with Gasteiger partial charge in [0.25, 0.3) is 5.91 Å². The molecule has 0 radical (unpaired) electrons. The molecule has 4 nitrogen and oxygen atoms in total. The Morgan fingerprint density at radius 3 is 2.69 bits per heavy atom. The summed E-state index contributed by atoms with van der Waals surface area (Å²) in [5.41, 5.74) is 2.70. The Labute approximate surface area is 183 Å². The van der Waals surface area contributed by atoms with E-state index in [-0.39, 0.29) is 11.4 Å². The smallest absolute Gasteiger partial charge is 0.260 e. The number of amides is 1. The fourth-order valence-electron chi connectivity index (χ4n) is 2.94. The third-order valence-electron chi connectivity index (χ3n) is 4.48. The van der Waals surface area contributed by atoms with Crippen LogP contribution in [0.1, 0.15) is 18.2 Å². The molecule has 0 unspecified atom stereocenters. The summed E-state index contributed by atoms with van der Waals surface area (Å²) in [6.45, 7) is 2.12. The Hall–Kier alpha value is -2.34. The number of benzene rings is 2. The summed E-state index contributed by atoms with van der Waals surface area (Å²) in [5, 5.41) is 7.36. The molecule has 4 rings (SSSR count). The summed E-state index contributed by atoms with van der Waals surface area (Å²) in [7, 11) is 0. The quantitative estimate of drug-likeness (QED) is 0.446. The second-order valence-corrected chi connectivity index (χ2v) is 8.49. The molecule has 1 amide bonds. The summed E-state index contributed by atoms with van der Waals surface area (Å²) < 4.78 is 5.86. The first kappa shape index (κ1) is 20.0. The molecule has 29 heavy (non-hydrogen) atoms. The minimum atomic E-state index is -0.238. The standard InChI is InChI=1S/C22H18Cl2N2O2S/c1-2-13-3-6-15(7-4-13)25-22-26-21(27)20(29-22)12-16-8-10-19(28-16)17-11-14(23)5-9-18(17)24/h3-12,22,25H,2H2,1H3,(H,26,27)/b20-12-/t22-/m1/s1. The van der Waals surface area contributed by atoms with Gasteiger partial charge in [0.05, 0.1) is 9.93 Å². The van der Waals surface area contributed by atoms with Crippen LogP contribution in [0.15, 0.2) is 63.9 Å². The van der Waals surface area contributed by atoms with Crippen LogP contribution in [0.25, 0.3) is 17.4 Å². The molecule has 1 aliphatic rings. The maximum absolute atomic E-state index is 12.3. The van der Waals surface area contributed by atoms with Crippen LogP contribution in [-0.2, 0) is 11.2 Å². The van der Waals surface area contributed by atoms with Crippen LogP contribution in [0.3, 0.4) is 0 Å². The van der Waals surface area contributed by atoms with Crippen LogP contribution in [0.5, 0.6) is 0 Å². The molecular formula is C22H18Cl2N2O2S. The largest absolute Gasteiger partial charge is 0.457 e. The van der Waals surface area contributed by atoms with Crippen molar-refractivity contribution >= 4 is 52.6 Å². The molecule has 148 valence electrons. The van der Waals surface area contributed by atoms with E-state index in [0.29, 0.717) is 32.0 Å². The van der Waals surface area contributed by atoms with Gasteiger partial charge in [-0.05, 0) is 54.4 Å². The number of hydrogen-bond donors (Lipinski definition) is 2. The fraction of sp³-hybridized carbons (Fsp3) is 0.136. The summed E-state index contributed by atoms with van der Waals surface area (Å²) >= 11 is 13.7. The summed E-state index contributed by atoms with van der Waals surface area (Å²) in [6.07, 6.45) is 2.72. The lowest BCUT2D eigenvalue weighted by atomic mass is 10.1. The number of hydrogen-bond acceptors (Lipinski definition) is 4. The third kappa shape index (κ3) is 4.64. The third-order valence-corrected chi connectivity index (χ3v) is 6.08. The van der Waals surface area contributed by atoms with E-state index >= 15 is 0 Å². The van der Waals surface area contributed by atoms with Gasteiger partial charge < -0.3 is 15.1 Å². The second kappa shape index (κ2) is 8.57. The first-order valence-electron chi connectivity index (χ1n) is 9.12. The summed E-state index contributed by atoms with van der Waals surface area (Å²) in [6, 6.07) is 17.0. The predicted octanol–water partition coefficient (Wildman–Crippen LogP) is 6.42. The number of halogens is 2. The van der Waals surface area contributed by atoms with E-state index < -0.39 is 0 Å². The Morgan fingerprint density at radius 1 is 1.14 bits per heavy atom. The van der Waals surface area contributed by atoms with Gasteiger partial charge in [0.1, 0.15) is 11.5 Å². The molecule has 0 spiro atoms. The molecular weight excluding hydrogens is 427 g/mol. The first-order chi connectivity index (χ1) is 14.0. The Balaban J connectivity index is 1.48. The van der Waals surface area contributed by atoms with Crippen molar-refractivity contribution in [3.05, 3.63) is 80.9 Å². The van der Waals surface area contributed by atoms with Gasteiger partial charge in [0, 0.05) is 22.3 Å². The van der Waals surface area contributed by atoms with Crippen molar-refractivity contribution in [2.24, 2.45) is 0 Å². The van der Waals surface area contributed by atoms with Crippen LogP contribution < -0.4 is 10.6 Å². The van der Waals surface area contributed by atoms with Gasteiger partial charge in [-0.2, -0.15) is 0 Å². The summed E-state index contributed by atoms with van der Waals surface area (Å²) in [4.78, 5) is 12.9. The molecule has 1 aromatic heterocycles. The van der Waals surface area contributed by atoms with Crippen LogP contribution >= 0.6 is 35.0 Å². The topological polar surface area (TPSA) is 54.3 Å². The van der Waals surface area contributed by atoms with Crippen molar-refractivity contribution < 1.29 is 9.21 Å². The van der Waals surface area contributed by atoms with Gasteiger partial charge in [0.15, 0.2) is 5.50 Å². The molecule has 1 saturated heterocycles. The van der Waals surface area contributed by atoms with E-state index in [1.54, 1.807) is 30.3 Å². The van der Waals surface area contributed by atoms with E-state index in [4.69, 9.17) is 27.6 Å². The monoisotopic (exact) mass is 444 g/mol. The lowest BCUT2D eigenvalue weighted by molar-refractivity contribution is -0.116. The molecule has 0 saturated carbocycles. The van der Waals surface area contributed by atoms with Crippen LogP contribution in [0, 0.1) is 0 Å². The zero-order valence-electron chi connectivity index (χ0n) is 15.5. The highest BCUT2D eigenvalue weighted by Crippen LogP contribution is 2.34. The molecule has 2 aromatic carbocycles. The van der Waals surface area contributed by atoms with Crippen LogP contribution in [0.2, 0.25) is 10.0 Å². The minimum Gasteiger partial charge on any atom is -0.457 e. The van der Waals surface area contributed by atoms with E-state index in [1.165, 1.54) is 17.3 Å². The Morgan fingerprint density at radius 2 is 1.93 bits per heavy atom. The zero-order chi connectivity index (χ0) is 20.4. The molecule has 2 heterocycles. The van der Waals surface area contributed by atoms with Crippen molar-refractivity contribution in [3.8, 4) is 11.3 Å². The normalized spacial score (nSPS) is 17.6. The van der Waals surface area contributed by atoms with Gasteiger partial charge in [-0.1, -0.05) is 54.0 Å². The second-order valence-electron chi connectivity index (χ2n) is 6.50. The average Bonchev–Trinajstić information content (AvgIpc) is 3.31. The zero-order valence-corrected chi connectivity index (χ0v) is 17.9. The first-order valence-corrected chi connectivity index (χ1v) is 10.8. The van der Waals surface area contributed by atoms with Crippen LogP contribution in [0.4, 0.5) is 5.69 Å². The van der Waals surface area contributed by atoms with E-state index in [0.717, 1.165) is 12.1 Å². The Kier molecular flexibility index (Phi) is 5.90. The van der Waals surface area contributed by atoms with Crippen molar-refractivity contribution in [1.29, 1.82) is 0 Å². The van der Waals surface area contributed by atoms with Crippen molar-refractivity contribution in [1.82, 2.24) is 5.32 Å². The van der Waals surface area contributed by atoms with E-state index in [9.17, 15) is 4.79 Å². The van der Waals surface area contributed by atoms with Crippen molar-refractivity contribution in [3.63, 3.8) is 0 Å². The molecule has 0 aliphatic carbocycles. The van der Waals surface area contributed by atoms with Gasteiger partial charge in [-0.25, -0.2) is 0 Å². The highest BCUT2D eigenvalue weighted by atomic mass is 35.5. The lowest BCUT2D eigenvalue weighted by Crippen LogP contribution is -2.30. The Bertz CT molecular complexity index is 1080. The minimum absolute atomic E-state index is 0.142. The summed E-state index contributed by atoms with van der Waals surface area (Å²) in [5.74, 6) is 1.02. The van der Waals surface area contributed by atoms with Gasteiger partial charge in [-0.15, -0.1) is 0 Å². The highest BCUT2D eigenvalue weighted by Gasteiger charge is 2.27. The number of carbonyl (C=O) groups is 1. The molecule has 0 bridgehead atoms. The number of nitrogens with one attached hydrogen (secondary N) is 2. The molecule has 7 heteroatoms. The number of thioether (sulfide) groups is 1. The molecule has 1 fully saturated rings. The average molecular weight is 445 g/mol. The van der Waals surface area contributed by atoms with Gasteiger partial charge in [-0.3, -0.25) is 4.79 Å². The predicted molar refractivity (Wildman–Crippen MR) is 121 cm³/mol. The van der Waals surface area contributed by atoms with Gasteiger partial charge >= 0.3 is 0 Å². The fourth-order valence-corrected chi connectivity index (χ4v) is 4.29. The number of anilines is 1. The number of carbonyl (C=O) groups excluding carboxylic acids is 1. The number of furan rings is 1. The van der Waals surface area contributed by atoms with Crippen LogP contribution in [-0.4, -0.2) is 11.4 Å². The van der Waals surface area contributed by atoms with E-state index in [1.807, 2.05) is 18.2 Å². The maximum Gasteiger partial charge on any atom is 0.260 e. The molecule has 1 aliphatic heterocycles. The SMILES string of the molecule is CCc1ccc(N[C@@H]2NC(=O)/C(=C/c3ccc(-c4cc(Cl)ccc4Cl)o3)S2)cc1. The van der Waals surface area contributed by atoms with Crippen molar-refractivity contribution in [2.75, 3.05) is 5.32 Å². The van der Waals surface area contributed by atoms with Crippen molar-refractivity contribution in [2.45, 2.75) is 18.8 Å². The molecule has 2 N–H and O–H groups in total. The maximum atomic E-state index is 12.3. The number of aryl methyl sites for hydroxylation is 1. The van der Waals surface area contributed by atoms with E-state index in [2.05, 4.69) is 29.7 Å². The number of rotatable bonds is 5. The lowest BCUT2D eigenvalue weighted by Gasteiger charge is -2.12. The molecule has 3 aromatic rings. The molecule has 1 atom stereocenters. The highest BCUT2D eigenvalue weighted by molar-refractivity contribution is 8.05.